The Kier molecular flexibility index (Phi) is 4.70. The average Bonchev–Trinajstić information content (AvgIpc) is 2.17. The largest absolute Gasteiger partial charge is 0.330 e. The first-order valence-corrected chi connectivity index (χ1v) is 6.81. The van der Waals surface area contributed by atoms with E-state index in [2.05, 4.69) is 9.71 Å². The zero-order valence-corrected chi connectivity index (χ0v) is 10.1. The molecule has 0 bridgehead atoms. The Hall–Kier alpha value is -1.14. The van der Waals surface area contributed by atoms with Crippen LogP contribution in [0.25, 0.3) is 0 Å². The molecule has 0 aromatic carbocycles. The van der Waals surface area contributed by atoms with E-state index < -0.39 is 10.0 Å². The molecular weight excluding hydrogens is 226 g/mol. The SMILES string of the molecule is Cc1cncc(NS(=O)(=O)CCCCN)c1. The van der Waals surface area contributed by atoms with E-state index in [-0.39, 0.29) is 5.75 Å². The standard InChI is InChI=1S/C10H17N3O2S/c1-9-6-10(8-12-7-9)13-16(14,15)5-3-2-4-11/h6-8,13H,2-5,11H2,1H3. The molecule has 0 unspecified atom stereocenters. The lowest BCUT2D eigenvalue weighted by Gasteiger charge is -2.07. The first kappa shape index (κ1) is 12.9. The lowest BCUT2D eigenvalue weighted by molar-refractivity contribution is 0.597. The molecule has 0 radical (unpaired) electrons. The average molecular weight is 243 g/mol. The van der Waals surface area contributed by atoms with Crippen LogP contribution in [0.3, 0.4) is 0 Å². The van der Waals surface area contributed by atoms with Crippen molar-refractivity contribution < 1.29 is 8.42 Å². The molecule has 0 aliphatic rings. The molecule has 0 aliphatic heterocycles. The zero-order valence-electron chi connectivity index (χ0n) is 9.31. The number of anilines is 1. The van der Waals surface area contributed by atoms with Crippen LogP contribution in [-0.4, -0.2) is 25.7 Å². The van der Waals surface area contributed by atoms with Crippen LogP contribution in [0.2, 0.25) is 0 Å². The van der Waals surface area contributed by atoms with Gasteiger partial charge in [-0.3, -0.25) is 9.71 Å². The van der Waals surface area contributed by atoms with E-state index in [9.17, 15) is 8.42 Å². The molecule has 0 spiro atoms. The number of aromatic nitrogens is 1. The van der Waals surface area contributed by atoms with Gasteiger partial charge >= 0.3 is 0 Å². The number of nitrogens with one attached hydrogen (secondary N) is 1. The molecule has 1 heterocycles. The van der Waals surface area contributed by atoms with E-state index >= 15 is 0 Å². The van der Waals surface area contributed by atoms with E-state index in [1.165, 1.54) is 6.20 Å². The van der Waals surface area contributed by atoms with Gasteiger partial charge < -0.3 is 5.73 Å². The lowest BCUT2D eigenvalue weighted by Crippen LogP contribution is -2.17. The summed E-state index contributed by atoms with van der Waals surface area (Å²) >= 11 is 0. The van der Waals surface area contributed by atoms with Crippen LogP contribution in [0.15, 0.2) is 18.5 Å². The topological polar surface area (TPSA) is 85.1 Å². The number of pyridine rings is 1. The van der Waals surface area contributed by atoms with E-state index in [1.54, 1.807) is 12.3 Å². The summed E-state index contributed by atoms with van der Waals surface area (Å²) in [4.78, 5) is 3.92. The Balaban J connectivity index is 2.59. The van der Waals surface area contributed by atoms with Crippen LogP contribution in [-0.2, 0) is 10.0 Å². The van der Waals surface area contributed by atoms with E-state index in [0.717, 1.165) is 5.56 Å². The molecule has 0 saturated carbocycles. The highest BCUT2D eigenvalue weighted by molar-refractivity contribution is 7.92. The van der Waals surface area contributed by atoms with Crippen molar-refractivity contribution in [1.29, 1.82) is 0 Å². The minimum absolute atomic E-state index is 0.0954. The molecule has 1 aromatic rings. The summed E-state index contributed by atoms with van der Waals surface area (Å²) in [6.45, 7) is 2.38. The van der Waals surface area contributed by atoms with E-state index in [0.29, 0.717) is 25.1 Å². The minimum Gasteiger partial charge on any atom is -0.330 e. The summed E-state index contributed by atoms with van der Waals surface area (Å²) in [5, 5.41) is 0. The van der Waals surface area contributed by atoms with Crippen molar-refractivity contribution in [2.75, 3.05) is 17.0 Å². The summed E-state index contributed by atoms with van der Waals surface area (Å²) in [7, 11) is -3.27. The second-order valence-electron chi connectivity index (χ2n) is 3.67. The maximum atomic E-state index is 11.6. The highest BCUT2D eigenvalue weighted by Crippen LogP contribution is 2.10. The molecule has 0 atom stereocenters. The second-order valence-corrected chi connectivity index (χ2v) is 5.51. The van der Waals surface area contributed by atoms with Crippen LogP contribution in [0.4, 0.5) is 5.69 Å². The smallest absolute Gasteiger partial charge is 0.232 e. The number of unbranched alkanes of at least 4 members (excludes halogenated alkanes) is 1. The van der Waals surface area contributed by atoms with Crippen LogP contribution in [0.1, 0.15) is 18.4 Å². The molecule has 16 heavy (non-hydrogen) atoms. The molecule has 0 saturated heterocycles. The maximum Gasteiger partial charge on any atom is 0.232 e. The van der Waals surface area contributed by atoms with E-state index in [4.69, 9.17) is 5.73 Å². The summed E-state index contributed by atoms with van der Waals surface area (Å²) in [5.74, 6) is 0.0954. The molecule has 90 valence electrons. The van der Waals surface area contributed by atoms with Gasteiger partial charge in [0.05, 0.1) is 17.6 Å². The van der Waals surface area contributed by atoms with Crippen molar-refractivity contribution in [1.82, 2.24) is 4.98 Å². The van der Waals surface area contributed by atoms with Gasteiger partial charge in [0.2, 0.25) is 10.0 Å². The fourth-order valence-corrected chi connectivity index (χ4v) is 2.43. The number of hydrogen-bond donors (Lipinski definition) is 2. The monoisotopic (exact) mass is 243 g/mol. The van der Waals surface area contributed by atoms with Gasteiger partial charge in [0.1, 0.15) is 0 Å². The van der Waals surface area contributed by atoms with Gasteiger partial charge in [-0.15, -0.1) is 0 Å². The first-order valence-electron chi connectivity index (χ1n) is 5.16. The molecule has 0 fully saturated rings. The Labute approximate surface area is 96.1 Å². The Morgan fingerprint density at radius 3 is 2.75 bits per heavy atom. The van der Waals surface area contributed by atoms with E-state index in [1.807, 2.05) is 6.92 Å². The third-order valence-electron chi connectivity index (χ3n) is 2.02. The summed E-state index contributed by atoms with van der Waals surface area (Å²) < 4.78 is 25.7. The van der Waals surface area contributed by atoms with Crippen molar-refractivity contribution in [3.63, 3.8) is 0 Å². The summed E-state index contributed by atoms with van der Waals surface area (Å²) in [5.41, 5.74) is 6.73. The van der Waals surface area contributed by atoms with Crippen molar-refractivity contribution in [3.8, 4) is 0 Å². The molecule has 1 aromatic heterocycles. The van der Waals surface area contributed by atoms with Crippen LogP contribution >= 0.6 is 0 Å². The molecule has 1 rings (SSSR count). The summed E-state index contributed by atoms with van der Waals surface area (Å²) in [6, 6.07) is 1.74. The van der Waals surface area contributed by atoms with Crippen molar-refractivity contribution >= 4 is 15.7 Å². The highest BCUT2D eigenvalue weighted by atomic mass is 32.2. The Morgan fingerprint density at radius 2 is 2.12 bits per heavy atom. The summed E-state index contributed by atoms with van der Waals surface area (Å²) in [6.07, 6.45) is 4.46. The molecule has 0 aliphatic carbocycles. The van der Waals surface area contributed by atoms with Crippen LogP contribution in [0.5, 0.6) is 0 Å². The zero-order chi connectivity index (χ0) is 12.0. The Bertz CT molecular complexity index is 431. The minimum atomic E-state index is -3.27. The van der Waals surface area contributed by atoms with Gasteiger partial charge in [0, 0.05) is 6.20 Å². The maximum absolute atomic E-state index is 11.6. The van der Waals surface area contributed by atoms with Crippen molar-refractivity contribution in [3.05, 3.63) is 24.0 Å². The number of rotatable bonds is 6. The normalized spacial score (nSPS) is 11.4. The van der Waals surface area contributed by atoms with Gasteiger partial charge in [-0.25, -0.2) is 8.42 Å². The number of hydrogen-bond acceptors (Lipinski definition) is 4. The van der Waals surface area contributed by atoms with Gasteiger partial charge in [0.25, 0.3) is 0 Å². The van der Waals surface area contributed by atoms with Gasteiger partial charge in [-0.05, 0) is 37.9 Å². The van der Waals surface area contributed by atoms with Crippen molar-refractivity contribution in [2.45, 2.75) is 19.8 Å². The van der Waals surface area contributed by atoms with Crippen LogP contribution in [0, 0.1) is 6.92 Å². The second kappa shape index (κ2) is 5.81. The fourth-order valence-electron chi connectivity index (χ4n) is 1.28. The number of nitrogens with two attached hydrogens (primary N) is 1. The molecule has 6 heteroatoms. The third kappa shape index (κ3) is 4.59. The number of sulfonamides is 1. The fraction of sp³-hybridized carbons (Fsp3) is 0.500. The number of aryl methyl sites for hydroxylation is 1. The predicted molar refractivity (Wildman–Crippen MR) is 64.7 cm³/mol. The quantitative estimate of drug-likeness (QED) is 0.726. The first-order chi connectivity index (χ1) is 7.53. The Morgan fingerprint density at radius 1 is 1.38 bits per heavy atom. The third-order valence-corrected chi connectivity index (χ3v) is 3.39. The lowest BCUT2D eigenvalue weighted by atomic mass is 10.3. The highest BCUT2D eigenvalue weighted by Gasteiger charge is 2.09. The van der Waals surface area contributed by atoms with Crippen molar-refractivity contribution in [2.24, 2.45) is 5.73 Å². The molecule has 5 nitrogen and oxygen atoms in total. The van der Waals surface area contributed by atoms with Crippen LogP contribution < -0.4 is 10.5 Å². The predicted octanol–water partition coefficient (Wildman–Crippen LogP) is 0.871. The van der Waals surface area contributed by atoms with Gasteiger partial charge in [0.15, 0.2) is 0 Å². The molecular formula is C10H17N3O2S. The molecule has 3 N–H and O–H groups in total. The van der Waals surface area contributed by atoms with Gasteiger partial charge in [-0.1, -0.05) is 0 Å². The van der Waals surface area contributed by atoms with Gasteiger partial charge in [-0.2, -0.15) is 0 Å². The molecule has 0 amide bonds. The number of nitrogens with zero attached hydrogens (tertiary/aromatic N) is 1.